The van der Waals surface area contributed by atoms with Crippen LogP contribution in [0.2, 0.25) is 0 Å². The Morgan fingerprint density at radius 2 is 2.10 bits per heavy atom. The smallest absolute Gasteiger partial charge is 0.0984 e. The fraction of sp³-hybridized carbons (Fsp3) is 0.625. The van der Waals surface area contributed by atoms with Gasteiger partial charge in [-0.1, -0.05) is 32.0 Å². The lowest BCUT2D eigenvalue weighted by Gasteiger charge is -2.38. The number of anilines is 1. The van der Waals surface area contributed by atoms with E-state index in [0.29, 0.717) is 6.04 Å². The lowest BCUT2D eigenvalue weighted by atomic mass is 10.1. The van der Waals surface area contributed by atoms with Crippen molar-refractivity contribution in [1.29, 1.82) is 0 Å². The average molecular weight is 278 g/mol. The molecule has 1 aliphatic rings. The first-order chi connectivity index (χ1) is 9.60. The van der Waals surface area contributed by atoms with Crippen LogP contribution < -0.4 is 10.2 Å². The molecule has 0 saturated carbocycles. The van der Waals surface area contributed by atoms with Gasteiger partial charge in [0, 0.05) is 31.4 Å². The maximum atomic E-state index is 9.35. The van der Waals surface area contributed by atoms with E-state index in [1.165, 1.54) is 11.3 Å². The molecule has 112 valence electrons. The molecule has 0 aliphatic carbocycles. The standard InChI is InChI=1S/C16H26N2O2/c1-12(2)17-8-14-6-4-5-7-16(14)18-9-13(3)20-15(10-18)11-19/h4-7,12-13,15,17,19H,8-11H2,1-3H3. The molecule has 20 heavy (non-hydrogen) atoms. The molecule has 0 spiro atoms. The molecule has 2 rings (SSSR count). The van der Waals surface area contributed by atoms with Gasteiger partial charge in [0.15, 0.2) is 0 Å². The highest BCUT2D eigenvalue weighted by Gasteiger charge is 2.25. The number of hydrogen-bond acceptors (Lipinski definition) is 4. The van der Waals surface area contributed by atoms with Crippen LogP contribution in [0.25, 0.3) is 0 Å². The minimum absolute atomic E-state index is 0.0766. The Labute approximate surface area is 121 Å². The molecule has 0 radical (unpaired) electrons. The third kappa shape index (κ3) is 3.95. The van der Waals surface area contributed by atoms with E-state index in [4.69, 9.17) is 4.74 Å². The van der Waals surface area contributed by atoms with Gasteiger partial charge >= 0.3 is 0 Å². The van der Waals surface area contributed by atoms with Crippen molar-refractivity contribution in [2.75, 3.05) is 24.6 Å². The molecule has 2 unspecified atom stereocenters. The number of para-hydroxylation sites is 1. The van der Waals surface area contributed by atoms with Crippen molar-refractivity contribution in [3.63, 3.8) is 0 Å². The Morgan fingerprint density at radius 1 is 1.35 bits per heavy atom. The maximum absolute atomic E-state index is 9.35. The third-order valence-corrected chi connectivity index (χ3v) is 3.56. The zero-order valence-corrected chi connectivity index (χ0v) is 12.7. The van der Waals surface area contributed by atoms with Gasteiger partial charge in [-0.05, 0) is 18.6 Å². The minimum atomic E-state index is -0.0927. The van der Waals surface area contributed by atoms with Gasteiger partial charge in [0.2, 0.25) is 0 Å². The Kier molecular flexibility index (Phi) is 5.40. The van der Waals surface area contributed by atoms with E-state index in [0.717, 1.165) is 19.6 Å². The normalized spacial score (nSPS) is 23.4. The number of rotatable bonds is 5. The van der Waals surface area contributed by atoms with Crippen LogP contribution >= 0.6 is 0 Å². The van der Waals surface area contributed by atoms with Crippen molar-refractivity contribution in [2.24, 2.45) is 0 Å². The summed E-state index contributed by atoms with van der Waals surface area (Å²) < 4.78 is 5.72. The number of benzene rings is 1. The highest BCUT2D eigenvalue weighted by Crippen LogP contribution is 2.24. The van der Waals surface area contributed by atoms with Crippen LogP contribution in [-0.2, 0) is 11.3 Å². The zero-order chi connectivity index (χ0) is 14.5. The molecule has 4 nitrogen and oxygen atoms in total. The molecule has 0 aromatic heterocycles. The molecule has 1 fully saturated rings. The highest BCUT2D eigenvalue weighted by atomic mass is 16.5. The first-order valence-electron chi connectivity index (χ1n) is 7.42. The third-order valence-electron chi connectivity index (χ3n) is 3.56. The molecule has 1 saturated heterocycles. The van der Waals surface area contributed by atoms with Crippen LogP contribution in [0.4, 0.5) is 5.69 Å². The zero-order valence-electron chi connectivity index (χ0n) is 12.7. The molecule has 2 N–H and O–H groups in total. The molecule has 1 aliphatic heterocycles. The summed E-state index contributed by atoms with van der Waals surface area (Å²) in [5.41, 5.74) is 2.54. The van der Waals surface area contributed by atoms with Gasteiger partial charge in [-0.15, -0.1) is 0 Å². The monoisotopic (exact) mass is 278 g/mol. The van der Waals surface area contributed by atoms with Crippen LogP contribution in [-0.4, -0.2) is 43.1 Å². The number of ether oxygens (including phenoxy) is 1. The summed E-state index contributed by atoms with van der Waals surface area (Å²) >= 11 is 0. The second-order valence-electron chi connectivity index (χ2n) is 5.82. The molecule has 1 heterocycles. The lowest BCUT2D eigenvalue weighted by molar-refractivity contribution is -0.0421. The second kappa shape index (κ2) is 7.07. The van der Waals surface area contributed by atoms with E-state index in [2.05, 4.69) is 55.3 Å². The number of aliphatic hydroxyl groups is 1. The Morgan fingerprint density at radius 3 is 2.80 bits per heavy atom. The Hall–Kier alpha value is -1.10. The van der Waals surface area contributed by atoms with E-state index < -0.39 is 0 Å². The number of nitrogens with zero attached hydrogens (tertiary/aromatic N) is 1. The van der Waals surface area contributed by atoms with Crippen LogP contribution in [0.15, 0.2) is 24.3 Å². The fourth-order valence-electron chi connectivity index (χ4n) is 2.63. The van der Waals surface area contributed by atoms with E-state index in [1.807, 2.05) is 0 Å². The molecule has 1 aromatic carbocycles. The van der Waals surface area contributed by atoms with Crippen molar-refractivity contribution in [1.82, 2.24) is 5.32 Å². The average Bonchev–Trinajstić information content (AvgIpc) is 2.44. The van der Waals surface area contributed by atoms with Crippen LogP contribution in [0.5, 0.6) is 0 Å². The number of aliphatic hydroxyl groups excluding tert-OH is 1. The first-order valence-corrected chi connectivity index (χ1v) is 7.42. The van der Waals surface area contributed by atoms with Crippen molar-refractivity contribution in [2.45, 2.75) is 45.6 Å². The van der Waals surface area contributed by atoms with Gasteiger partial charge in [0.05, 0.1) is 18.8 Å². The molecule has 0 bridgehead atoms. The van der Waals surface area contributed by atoms with E-state index in [1.54, 1.807) is 0 Å². The van der Waals surface area contributed by atoms with Crippen molar-refractivity contribution in [3.8, 4) is 0 Å². The Balaban J connectivity index is 2.14. The van der Waals surface area contributed by atoms with Gasteiger partial charge < -0.3 is 20.1 Å². The molecular weight excluding hydrogens is 252 g/mol. The van der Waals surface area contributed by atoms with Crippen molar-refractivity contribution in [3.05, 3.63) is 29.8 Å². The summed E-state index contributed by atoms with van der Waals surface area (Å²) in [5.74, 6) is 0. The predicted molar refractivity (Wildman–Crippen MR) is 82.1 cm³/mol. The number of nitrogens with one attached hydrogen (secondary N) is 1. The lowest BCUT2D eigenvalue weighted by Crippen LogP contribution is -2.48. The topological polar surface area (TPSA) is 44.7 Å². The largest absolute Gasteiger partial charge is 0.394 e. The van der Waals surface area contributed by atoms with Gasteiger partial charge in [-0.25, -0.2) is 0 Å². The van der Waals surface area contributed by atoms with Crippen molar-refractivity contribution >= 4 is 5.69 Å². The number of hydrogen-bond donors (Lipinski definition) is 2. The summed E-state index contributed by atoms with van der Waals surface area (Å²) in [7, 11) is 0. The maximum Gasteiger partial charge on any atom is 0.0984 e. The van der Waals surface area contributed by atoms with E-state index >= 15 is 0 Å². The SMILES string of the molecule is CC(C)NCc1ccccc1N1CC(C)OC(CO)C1. The molecule has 0 amide bonds. The Bertz CT molecular complexity index is 423. The summed E-state index contributed by atoms with van der Waals surface area (Å²) in [6, 6.07) is 8.94. The molecule has 2 atom stereocenters. The first kappa shape index (κ1) is 15.3. The van der Waals surface area contributed by atoms with Gasteiger partial charge in [-0.3, -0.25) is 0 Å². The van der Waals surface area contributed by atoms with Gasteiger partial charge in [0.1, 0.15) is 0 Å². The molecular formula is C16H26N2O2. The molecule has 1 aromatic rings. The predicted octanol–water partition coefficient (Wildman–Crippen LogP) is 1.77. The highest BCUT2D eigenvalue weighted by molar-refractivity contribution is 5.54. The second-order valence-corrected chi connectivity index (χ2v) is 5.82. The summed E-state index contributed by atoms with van der Waals surface area (Å²) in [6.45, 7) is 8.93. The molecule has 4 heteroatoms. The van der Waals surface area contributed by atoms with E-state index in [9.17, 15) is 5.11 Å². The summed E-state index contributed by atoms with van der Waals surface area (Å²) in [6.07, 6.45) is 0.0527. The quantitative estimate of drug-likeness (QED) is 0.861. The number of morpholine rings is 1. The van der Waals surface area contributed by atoms with Crippen molar-refractivity contribution < 1.29 is 9.84 Å². The summed E-state index contributed by atoms with van der Waals surface area (Å²) in [5, 5.41) is 12.8. The van der Waals surface area contributed by atoms with Crippen LogP contribution in [0.1, 0.15) is 26.3 Å². The van der Waals surface area contributed by atoms with E-state index in [-0.39, 0.29) is 18.8 Å². The summed E-state index contributed by atoms with van der Waals surface area (Å²) in [4.78, 5) is 2.33. The minimum Gasteiger partial charge on any atom is -0.394 e. The van der Waals surface area contributed by atoms with Crippen LogP contribution in [0.3, 0.4) is 0 Å². The fourth-order valence-corrected chi connectivity index (χ4v) is 2.63. The van der Waals surface area contributed by atoms with Gasteiger partial charge in [-0.2, -0.15) is 0 Å². The van der Waals surface area contributed by atoms with Gasteiger partial charge in [0.25, 0.3) is 0 Å². The van der Waals surface area contributed by atoms with Crippen LogP contribution in [0, 0.1) is 0 Å².